The molecular weight excluding hydrogens is 94.0 g/mol. The maximum absolute atomic E-state index is 8.65. The topological polar surface area (TPSA) is 55.5 Å². The molecule has 0 aromatic rings. The molecule has 1 rings (SSSR count). The molecule has 0 radical (unpaired) electrons. The molecule has 1 aliphatic rings. The predicted molar refractivity (Wildman–Crippen MR) is 24.6 cm³/mol. The van der Waals surface area contributed by atoms with Crippen molar-refractivity contribution in [1.82, 2.24) is 0 Å². The van der Waals surface area contributed by atoms with Crippen LogP contribution in [0.5, 0.6) is 0 Å². The van der Waals surface area contributed by atoms with E-state index in [1.807, 2.05) is 0 Å². The Balaban J connectivity index is 2.33. The fourth-order valence-corrected chi connectivity index (χ4v) is 0.591. The van der Waals surface area contributed by atoms with Gasteiger partial charge in [0.1, 0.15) is 0 Å². The molecule has 42 valence electrons. The normalized spacial score (nSPS) is 42.0. The number of hydrogen-bond acceptors (Lipinski definition) is 3. The number of ether oxygens (including phenoxy) is 1. The summed E-state index contributed by atoms with van der Waals surface area (Å²) < 4.78 is 4.70. The third-order valence-electron chi connectivity index (χ3n) is 1.11. The molecule has 0 spiro atoms. The lowest BCUT2D eigenvalue weighted by Gasteiger charge is -2.03. The lowest BCUT2D eigenvalue weighted by molar-refractivity contribution is -0.0663. The van der Waals surface area contributed by atoms with Gasteiger partial charge in [0.25, 0.3) is 0 Å². The van der Waals surface area contributed by atoms with Gasteiger partial charge in [-0.1, -0.05) is 0 Å². The molecule has 3 N–H and O–H groups in total. The molecule has 1 saturated heterocycles. The monoisotopic (exact) mass is 103 g/mol. The van der Waals surface area contributed by atoms with Gasteiger partial charge in [-0.2, -0.15) is 0 Å². The lowest BCUT2D eigenvalue weighted by Crippen LogP contribution is -2.29. The van der Waals surface area contributed by atoms with E-state index in [1.54, 1.807) is 0 Å². The molecule has 0 amide bonds. The Hall–Kier alpha value is -0.120. The minimum atomic E-state index is -0.708. The van der Waals surface area contributed by atoms with Crippen molar-refractivity contribution in [3.05, 3.63) is 0 Å². The van der Waals surface area contributed by atoms with Crippen LogP contribution in [0.3, 0.4) is 0 Å². The van der Waals surface area contributed by atoms with Crippen LogP contribution in [0.2, 0.25) is 0 Å². The minimum absolute atomic E-state index is 0.153. The number of aliphatic hydroxyl groups is 1. The minimum Gasteiger partial charge on any atom is -0.367 e. The Morgan fingerprint density at radius 2 is 2.43 bits per heavy atom. The van der Waals surface area contributed by atoms with E-state index in [4.69, 9.17) is 15.6 Å². The fraction of sp³-hybridized carbons (Fsp3) is 1.00. The summed E-state index contributed by atoms with van der Waals surface area (Å²) in [7, 11) is 0. The molecule has 0 aromatic heterocycles. The molecule has 3 nitrogen and oxygen atoms in total. The van der Waals surface area contributed by atoms with Gasteiger partial charge in [-0.25, -0.2) is 0 Å². The van der Waals surface area contributed by atoms with Crippen molar-refractivity contribution in [2.75, 3.05) is 6.61 Å². The summed E-state index contributed by atoms with van der Waals surface area (Å²) in [6.07, 6.45) is 0.0706. The fourth-order valence-electron chi connectivity index (χ4n) is 0.591. The van der Waals surface area contributed by atoms with E-state index in [-0.39, 0.29) is 6.04 Å². The Labute approximate surface area is 42.1 Å². The molecular formula is C4H9NO2. The number of aliphatic hydroxyl groups excluding tert-OH is 1. The van der Waals surface area contributed by atoms with Gasteiger partial charge >= 0.3 is 0 Å². The molecule has 1 fully saturated rings. The van der Waals surface area contributed by atoms with Crippen LogP contribution in [-0.2, 0) is 4.74 Å². The highest BCUT2D eigenvalue weighted by Gasteiger charge is 2.20. The van der Waals surface area contributed by atoms with Crippen molar-refractivity contribution in [3.63, 3.8) is 0 Å². The molecule has 7 heavy (non-hydrogen) atoms. The van der Waals surface area contributed by atoms with Gasteiger partial charge in [-0.05, 0) is 6.42 Å². The quantitative estimate of drug-likeness (QED) is 0.415. The maximum atomic E-state index is 8.65. The second kappa shape index (κ2) is 1.78. The molecule has 0 aliphatic carbocycles. The highest BCUT2D eigenvalue weighted by Crippen LogP contribution is 2.06. The highest BCUT2D eigenvalue weighted by atomic mass is 16.6. The van der Waals surface area contributed by atoms with E-state index in [9.17, 15) is 0 Å². The average Bonchev–Trinajstić information content (AvgIpc) is 1.91. The summed E-state index contributed by atoms with van der Waals surface area (Å²) >= 11 is 0. The van der Waals surface area contributed by atoms with Gasteiger partial charge in [0.15, 0.2) is 6.29 Å². The summed E-state index contributed by atoms with van der Waals surface area (Å²) in [4.78, 5) is 0. The van der Waals surface area contributed by atoms with Crippen LogP contribution in [0, 0.1) is 0 Å². The van der Waals surface area contributed by atoms with Crippen molar-refractivity contribution in [2.24, 2.45) is 5.73 Å². The van der Waals surface area contributed by atoms with E-state index in [1.165, 1.54) is 0 Å². The summed E-state index contributed by atoms with van der Waals surface area (Å²) in [5, 5.41) is 8.65. The highest BCUT2D eigenvalue weighted by molar-refractivity contribution is 4.69. The zero-order chi connectivity index (χ0) is 5.28. The first kappa shape index (κ1) is 5.03. The van der Waals surface area contributed by atoms with Crippen molar-refractivity contribution in [3.8, 4) is 0 Å². The average molecular weight is 103 g/mol. The summed E-state index contributed by atoms with van der Waals surface area (Å²) in [5.41, 5.74) is 5.30. The van der Waals surface area contributed by atoms with E-state index >= 15 is 0 Å². The molecule has 0 bridgehead atoms. The SMILES string of the molecule is N[C@H]1CCOC1O. The Morgan fingerprint density at radius 1 is 1.71 bits per heavy atom. The first-order valence-electron chi connectivity index (χ1n) is 2.36. The van der Waals surface area contributed by atoms with Crippen LogP contribution in [0.1, 0.15) is 6.42 Å². The number of nitrogens with two attached hydrogens (primary N) is 1. The van der Waals surface area contributed by atoms with Crippen LogP contribution in [0.15, 0.2) is 0 Å². The Morgan fingerprint density at radius 3 is 2.57 bits per heavy atom. The number of hydrogen-bond donors (Lipinski definition) is 2. The molecule has 2 atom stereocenters. The van der Waals surface area contributed by atoms with Crippen molar-refractivity contribution >= 4 is 0 Å². The van der Waals surface area contributed by atoms with Crippen LogP contribution < -0.4 is 5.73 Å². The van der Waals surface area contributed by atoms with Crippen LogP contribution in [0.25, 0.3) is 0 Å². The molecule has 0 saturated carbocycles. The van der Waals surface area contributed by atoms with E-state index in [2.05, 4.69) is 0 Å². The smallest absolute Gasteiger partial charge is 0.169 e. The molecule has 3 heteroatoms. The van der Waals surface area contributed by atoms with Crippen LogP contribution in [0.4, 0.5) is 0 Å². The number of rotatable bonds is 0. The Kier molecular flexibility index (Phi) is 1.27. The van der Waals surface area contributed by atoms with Crippen LogP contribution >= 0.6 is 0 Å². The third-order valence-corrected chi connectivity index (χ3v) is 1.11. The van der Waals surface area contributed by atoms with Crippen molar-refractivity contribution in [1.29, 1.82) is 0 Å². The van der Waals surface area contributed by atoms with E-state index in [0.717, 1.165) is 6.42 Å². The van der Waals surface area contributed by atoms with Gasteiger partial charge < -0.3 is 15.6 Å². The summed E-state index contributed by atoms with van der Waals surface area (Å²) in [5.74, 6) is 0. The maximum Gasteiger partial charge on any atom is 0.169 e. The lowest BCUT2D eigenvalue weighted by atomic mass is 10.3. The summed E-state index contributed by atoms with van der Waals surface area (Å²) in [6, 6.07) is -0.153. The van der Waals surface area contributed by atoms with Gasteiger partial charge in [-0.15, -0.1) is 0 Å². The first-order valence-corrected chi connectivity index (χ1v) is 2.36. The van der Waals surface area contributed by atoms with Gasteiger partial charge in [0, 0.05) is 0 Å². The predicted octanol–water partition coefficient (Wildman–Crippen LogP) is -0.948. The van der Waals surface area contributed by atoms with Gasteiger partial charge in [-0.3, -0.25) is 0 Å². The van der Waals surface area contributed by atoms with Crippen LogP contribution in [-0.4, -0.2) is 24.0 Å². The molecule has 0 aromatic carbocycles. The van der Waals surface area contributed by atoms with Gasteiger partial charge in [0.2, 0.25) is 0 Å². The largest absolute Gasteiger partial charge is 0.367 e. The zero-order valence-electron chi connectivity index (χ0n) is 4.00. The summed E-state index contributed by atoms with van der Waals surface area (Å²) in [6.45, 7) is 0.600. The Bertz CT molecular complexity index is 58.7. The van der Waals surface area contributed by atoms with Crippen molar-refractivity contribution in [2.45, 2.75) is 18.8 Å². The zero-order valence-corrected chi connectivity index (χ0v) is 4.00. The van der Waals surface area contributed by atoms with E-state index < -0.39 is 6.29 Å². The van der Waals surface area contributed by atoms with E-state index in [0.29, 0.717) is 6.61 Å². The standard InChI is InChI=1S/C4H9NO2/c5-3-1-2-7-4(3)6/h3-4,6H,1-2,5H2/t3-,4?/m0/s1. The molecule has 1 aliphatic heterocycles. The first-order chi connectivity index (χ1) is 3.30. The van der Waals surface area contributed by atoms with Gasteiger partial charge in [0.05, 0.1) is 12.6 Å². The second-order valence-corrected chi connectivity index (χ2v) is 1.71. The third kappa shape index (κ3) is 0.907. The van der Waals surface area contributed by atoms with Crippen molar-refractivity contribution < 1.29 is 9.84 Å². The second-order valence-electron chi connectivity index (χ2n) is 1.71. The molecule has 1 unspecified atom stereocenters. The molecule has 1 heterocycles.